The number of hydrogen-bond acceptors (Lipinski definition) is 3. The summed E-state index contributed by atoms with van der Waals surface area (Å²) in [5, 5.41) is 0. The lowest BCUT2D eigenvalue weighted by Crippen LogP contribution is -2.00. The normalized spacial score (nSPS) is 10.1. The van der Waals surface area contributed by atoms with Crippen LogP contribution in [0.1, 0.15) is 11.5 Å². The summed E-state index contributed by atoms with van der Waals surface area (Å²) >= 11 is 0. The Morgan fingerprint density at radius 3 is 2.91 bits per heavy atom. The average Bonchev–Trinajstić information content (AvgIpc) is 1.98. The molecule has 0 unspecified atom stereocenters. The van der Waals surface area contributed by atoms with E-state index in [1.54, 1.807) is 14.0 Å². The second-order valence-corrected chi connectivity index (χ2v) is 2.15. The van der Waals surface area contributed by atoms with Crippen LogP contribution in [0.5, 0.6) is 0 Å². The van der Waals surface area contributed by atoms with Gasteiger partial charge in [-0.1, -0.05) is 0 Å². The molecule has 0 aliphatic rings. The van der Waals surface area contributed by atoms with Crippen LogP contribution in [0.4, 0.5) is 4.39 Å². The molecule has 0 aliphatic heterocycles. The largest absolute Gasteiger partial charge is 0.377 e. The van der Waals surface area contributed by atoms with Crippen LogP contribution in [0.3, 0.4) is 0 Å². The third kappa shape index (κ3) is 1.94. The molecule has 0 bridgehead atoms. The predicted octanol–water partition coefficient (Wildman–Crippen LogP) is 1.07. The van der Waals surface area contributed by atoms with E-state index in [0.717, 1.165) is 6.20 Å². The van der Waals surface area contributed by atoms with Crippen LogP contribution >= 0.6 is 0 Å². The summed E-state index contributed by atoms with van der Waals surface area (Å²) in [4.78, 5) is 7.57. The molecule has 0 aliphatic carbocycles. The molecule has 0 saturated carbocycles. The Morgan fingerprint density at radius 2 is 2.36 bits per heavy atom. The zero-order chi connectivity index (χ0) is 8.27. The molecule has 0 amide bonds. The van der Waals surface area contributed by atoms with E-state index >= 15 is 0 Å². The van der Waals surface area contributed by atoms with Crippen LogP contribution in [0.15, 0.2) is 6.20 Å². The number of nitrogens with zero attached hydrogens (tertiary/aromatic N) is 2. The van der Waals surface area contributed by atoms with Crippen molar-refractivity contribution in [1.82, 2.24) is 9.97 Å². The maximum Gasteiger partial charge on any atom is 0.162 e. The molecular weight excluding hydrogens is 147 g/mol. The molecule has 11 heavy (non-hydrogen) atoms. The highest BCUT2D eigenvalue weighted by molar-refractivity contribution is 5.02. The number of aryl methyl sites for hydroxylation is 1. The van der Waals surface area contributed by atoms with Gasteiger partial charge in [0.05, 0.1) is 11.9 Å². The van der Waals surface area contributed by atoms with Crippen LogP contribution in [-0.2, 0) is 11.3 Å². The minimum Gasteiger partial charge on any atom is -0.377 e. The predicted molar refractivity (Wildman–Crippen MR) is 37.4 cm³/mol. The Kier molecular flexibility index (Phi) is 2.48. The number of halogens is 1. The fraction of sp³-hybridized carbons (Fsp3) is 0.429. The lowest BCUT2D eigenvalue weighted by Gasteiger charge is -1.98. The third-order valence-electron chi connectivity index (χ3n) is 1.24. The Hall–Kier alpha value is -1.03. The first-order valence-electron chi connectivity index (χ1n) is 3.21. The number of aromatic nitrogens is 2. The molecule has 0 atom stereocenters. The van der Waals surface area contributed by atoms with E-state index in [2.05, 4.69) is 9.97 Å². The van der Waals surface area contributed by atoms with Gasteiger partial charge in [0, 0.05) is 7.11 Å². The molecule has 1 heterocycles. The molecule has 0 spiro atoms. The quantitative estimate of drug-likeness (QED) is 0.642. The Balaban J connectivity index is 2.86. The average molecular weight is 156 g/mol. The van der Waals surface area contributed by atoms with Crippen molar-refractivity contribution in [2.24, 2.45) is 0 Å². The van der Waals surface area contributed by atoms with Crippen molar-refractivity contribution in [3.05, 3.63) is 23.5 Å². The van der Waals surface area contributed by atoms with E-state index in [1.807, 2.05) is 0 Å². The zero-order valence-corrected chi connectivity index (χ0v) is 6.47. The number of hydrogen-bond donors (Lipinski definition) is 0. The van der Waals surface area contributed by atoms with Crippen molar-refractivity contribution in [2.45, 2.75) is 13.5 Å². The highest BCUT2D eigenvalue weighted by atomic mass is 19.1. The molecule has 1 rings (SSSR count). The number of methoxy groups -OCH3 is 1. The van der Waals surface area contributed by atoms with Gasteiger partial charge in [0.15, 0.2) is 11.6 Å². The van der Waals surface area contributed by atoms with Gasteiger partial charge in [0.2, 0.25) is 0 Å². The molecule has 4 heteroatoms. The highest BCUT2D eigenvalue weighted by Gasteiger charge is 2.00. The Labute approximate surface area is 64.2 Å². The molecule has 0 N–H and O–H groups in total. The van der Waals surface area contributed by atoms with E-state index in [9.17, 15) is 4.39 Å². The molecule has 1 aromatic heterocycles. The summed E-state index contributed by atoms with van der Waals surface area (Å²) in [5.41, 5.74) is 0.354. The van der Waals surface area contributed by atoms with Crippen LogP contribution in [-0.4, -0.2) is 17.1 Å². The monoisotopic (exact) mass is 156 g/mol. The van der Waals surface area contributed by atoms with Crippen molar-refractivity contribution in [3.8, 4) is 0 Å². The van der Waals surface area contributed by atoms with Gasteiger partial charge >= 0.3 is 0 Å². The fourth-order valence-electron chi connectivity index (χ4n) is 0.699. The van der Waals surface area contributed by atoms with E-state index in [4.69, 9.17) is 4.74 Å². The maximum atomic E-state index is 12.6. The Morgan fingerprint density at radius 1 is 1.64 bits per heavy atom. The van der Waals surface area contributed by atoms with Crippen LogP contribution in [0, 0.1) is 12.7 Å². The minimum atomic E-state index is -0.384. The van der Waals surface area contributed by atoms with Gasteiger partial charge in [0.25, 0.3) is 0 Å². The van der Waals surface area contributed by atoms with E-state index in [0.29, 0.717) is 18.1 Å². The molecule has 0 fully saturated rings. The minimum absolute atomic E-state index is 0.321. The summed E-state index contributed by atoms with van der Waals surface area (Å²) in [6, 6.07) is 0. The fourth-order valence-corrected chi connectivity index (χ4v) is 0.699. The summed E-state index contributed by atoms with van der Waals surface area (Å²) in [7, 11) is 1.54. The summed E-state index contributed by atoms with van der Waals surface area (Å²) in [6.45, 7) is 1.91. The van der Waals surface area contributed by atoms with Gasteiger partial charge in [-0.05, 0) is 6.92 Å². The van der Waals surface area contributed by atoms with Crippen LogP contribution < -0.4 is 0 Å². The first kappa shape index (κ1) is 8.07. The number of rotatable bonds is 2. The second-order valence-electron chi connectivity index (χ2n) is 2.15. The van der Waals surface area contributed by atoms with Crippen molar-refractivity contribution < 1.29 is 9.13 Å². The third-order valence-corrected chi connectivity index (χ3v) is 1.24. The standard InChI is InChI=1S/C7H9FN2O/c1-5-6(8)3-9-7(10-5)4-11-2/h3H,4H2,1-2H3. The Bertz CT molecular complexity index is 252. The zero-order valence-electron chi connectivity index (χ0n) is 6.47. The van der Waals surface area contributed by atoms with Gasteiger partial charge in [0.1, 0.15) is 6.61 Å². The lowest BCUT2D eigenvalue weighted by atomic mass is 10.4. The second kappa shape index (κ2) is 3.39. The molecule has 0 aromatic carbocycles. The topological polar surface area (TPSA) is 35.0 Å². The summed E-state index contributed by atoms with van der Waals surface area (Å²) in [6.07, 6.45) is 1.15. The van der Waals surface area contributed by atoms with Gasteiger partial charge in [-0.3, -0.25) is 0 Å². The van der Waals surface area contributed by atoms with Gasteiger partial charge in [-0.25, -0.2) is 14.4 Å². The summed E-state index contributed by atoms with van der Waals surface area (Å²) < 4.78 is 17.3. The first-order chi connectivity index (χ1) is 5.24. The van der Waals surface area contributed by atoms with Gasteiger partial charge in [-0.2, -0.15) is 0 Å². The molecule has 3 nitrogen and oxygen atoms in total. The van der Waals surface area contributed by atoms with Gasteiger partial charge in [-0.15, -0.1) is 0 Å². The molecule has 1 aromatic rings. The molecule has 0 radical (unpaired) electrons. The first-order valence-corrected chi connectivity index (χ1v) is 3.21. The molecule has 60 valence electrons. The lowest BCUT2D eigenvalue weighted by molar-refractivity contribution is 0.177. The molecule has 0 saturated heterocycles. The van der Waals surface area contributed by atoms with Crippen molar-refractivity contribution in [1.29, 1.82) is 0 Å². The van der Waals surface area contributed by atoms with Crippen LogP contribution in [0.2, 0.25) is 0 Å². The van der Waals surface area contributed by atoms with Crippen LogP contribution in [0.25, 0.3) is 0 Å². The van der Waals surface area contributed by atoms with Gasteiger partial charge < -0.3 is 4.74 Å². The van der Waals surface area contributed by atoms with E-state index in [-0.39, 0.29) is 5.82 Å². The summed E-state index contributed by atoms with van der Waals surface area (Å²) in [5.74, 6) is 0.122. The maximum absolute atomic E-state index is 12.6. The smallest absolute Gasteiger partial charge is 0.162 e. The SMILES string of the molecule is COCc1ncc(F)c(C)n1. The molecular formula is C7H9FN2O. The number of ether oxygens (including phenoxy) is 1. The van der Waals surface area contributed by atoms with Crippen molar-refractivity contribution in [2.75, 3.05) is 7.11 Å². The highest BCUT2D eigenvalue weighted by Crippen LogP contribution is 2.01. The van der Waals surface area contributed by atoms with Crippen molar-refractivity contribution >= 4 is 0 Å². The van der Waals surface area contributed by atoms with Crippen molar-refractivity contribution in [3.63, 3.8) is 0 Å². The van der Waals surface area contributed by atoms with E-state index < -0.39 is 0 Å². The van der Waals surface area contributed by atoms with E-state index in [1.165, 1.54) is 0 Å².